The fraction of sp³-hybridized carbons (Fsp3) is 0.0667. The third kappa shape index (κ3) is 3.03. The Kier molecular flexibility index (Phi) is 3.69. The van der Waals surface area contributed by atoms with Crippen LogP contribution in [0.2, 0.25) is 0 Å². The van der Waals surface area contributed by atoms with Gasteiger partial charge in [0, 0.05) is 11.4 Å². The number of terminal acetylenes is 1. The van der Waals surface area contributed by atoms with Gasteiger partial charge in [0.25, 0.3) is 0 Å². The zero-order chi connectivity index (χ0) is 12.1. The molecule has 0 heterocycles. The zero-order valence-electron chi connectivity index (χ0n) is 9.19. The molecule has 0 aliphatic rings. The van der Waals surface area contributed by atoms with Gasteiger partial charge < -0.3 is 4.74 Å². The van der Waals surface area contributed by atoms with Crippen LogP contribution in [0.3, 0.4) is 0 Å². The van der Waals surface area contributed by atoms with Gasteiger partial charge in [-0.05, 0) is 42.0 Å². The fourth-order valence-electron chi connectivity index (χ4n) is 1.40. The number of alkyl halides is 1. The first-order chi connectivity index (χ1) is 8.31. The largest absolute Gasteiger partial charge is 0.457 e. The lowest BCUT2D eigenvalue weighted by atomic mass is 10.2. The van der Waals surface area contributed by atoms with Crippen LogP contribution < -0.4 is 4.74 Å². The van der Waals surface area contributed by atoms with E-state index in [9.17, 15) is 0 Å². The van der Waals surface area contributed by atoms with Crippen LogP contribution in [0.4, 0.5) is 0 Å². The maximum absolute atomic E-state index is 5.71. The van der Waals surface area contributed by atoms with Gasteiger partial charge in [0.2, 0.25) is 0 Å². The Morgan fingerprint density at radius 1 is 0.941 bits per heavy atom. The molecule has 17 heavy (non-hydrogen) atoms. The first-order valence-corrected chi connectivity index (χ1v) is 5.74. The minimum absolute atomic E-state index is 0.511. The van der Waals surface area contributed by atoms with E-state index in [2.05, 4.69) is 5.92 Å². The van der Waals surface area contributed by atoms with Crippen LogP contribution in [0.1, 0.15) is 11.1 Å². The summed E-state index contributed by atoms with van der Waals surface area (Å²) in [4.78, 5) is 0. The van der Waals surface area contributed by atoms with E-state index in [-0.39, 0.29) is 0 Å². The normalized spacial score (nSPS) is 9.65. The second-order valence-corrected chi connectivity index (χ2v) is 3.82. The Hall–Kier alpha value is -1.91. The van der Waals surface area contributed by atoms with Crippen molar-refractivity contribution in [3.05, 3.63) is 59.7 Å². The Morgan fingerprint density at radius 2 is 1.47 bits per heavy atom. The van der Waals surface area contributed by atoms with Crippen molar-refractivity contribution < 1.29 is 4.74 Å². The summed E-state index contributed by atoms with van der Waals surface area (Å²) >= 11 is 5.71. The third-order valence-electron chi connectivity index (χ3n) is 2.33. The minimum Gasteiger partial charge on any atom is -0.457 e. The van der Waals surface area contributed by atoms with Crippen molar-refractivity contribution in [3.8, 4) is 23.8 Å². The second-order valence-electron chi connectivity index (χ2n) is 3.55. The van der Waals surface area contributed by atoms with Crippen molar-refractivity contribution in [2.75, 3.05) is 0 Å². The molecule has 0 unspecified atom stereocenters. The molecule has 0 aliphatic carbocycles. The summed E-state index contributed by atoms with van der Waals surface area (Å²) in [6.45, 7) is 0. The second kappa shape index (κ2) is 5.43. The number of hydrogen-bond acceptors (Lipinski definition) is 1. The molecule has 0 spiro atoms. The van der Waals surface area contributed by atoms with E-state index in [4.69, 9.17) is 22.8 Å². The molecule has 0 amide bonds. The molecule has 2 aromatic carbocycles. The van der Waals surface area contributed by atoms with Gasteiger partial charge in [-0.1, -0.05) is 18.1 Å². The molecule has 0 aliphatic heterocycles. The summed E-state index contributed by atoms with van der Waals surface area (Å²) in [5.41, 5.74) is 1.91. The van der Waals surface area contributed by atoms with E-state index in [0.29, 0.717) is 5.88 Å². The van der Waals surface area contributed by atoms with Crippen molar-refractivity contribution >= 4 is 11.6 Å². The van der Waals surface area contributed by atoms with Crippen molar-refractivity contribution in [1.82, 2.24) is 0 Å². The molecule has 0 aromatic heterocycles. The maximum Gasteiger partial charge on any atom is 0.127 e. The lowest BCUT2D eigenvalue weighted by Crippen LogP contribution is -1.85. The highest BCUT2D eigenvalue weighted by molar-refractivity contribution is 6.17. The number of benzene rings is 2. The van der Waals surface area contributed by atoms with E-state index in [1.165, 1.54) is 0 Å². The Morgan fingerprint density at radius 3 is 1.94 bits per heavy atom. The molecule has 0 saturated heterocycles. The highest BCUT2D eigenvalue weighted by Crippen LogP contribution is 2.22. The van der Waals surface area contributed by atoms with E-state index < -0.39 is 0 Å². The minimum atomic E-state index is 0.511. The topological polar surface area (TPSA) is 9.23 Å². The number of halogens is 1. The molecule has 0 saturated carbocycles. The predicted octanol–water partition coefficient (Wildman–Crippen LogP) is 4.20. The SMILES string of the molecule is C#Cc1ccc(Oc2ccc(CCl)cc2)cc1. The maximum atomic E-state index is 5.71. The smallest absolute Gasteiger partial charge is 0.127 e. The zero-order valence-corrected chi connectivity index (χ0v) is 9.95. The highest BCUT2D eigenvalue weighted by Gasteiger charge is 1.97. The quantitative estimate of drug-likeness (QED) is 0.579. The van der Waals surface area contributed by atoms with Gasteiger partial charge in [-0.25, -0.2) is 0 Å². The monoisotopic (exact) mass is 242 g/mol. The van der Waals surface area contributed by atoms with Crippen molar-refractivity contribution in [3.63, 3.8) is 0 Å². The molecule has 0 radical (unpaired) electrons. The van der Waals surface area contributed by atoms with Crippen molar-refractivity contribution in [2.45, 2.75) is 5.88 Å². The fourth-order valence-corrected chi connectivity index (χ4v) is 1.58. The summed E-state index contributed by atoms with van der Waals surface area (Å²) in [7, 11) is 0. The van der Waals surface area contributed by atoms with E-state index in [0.717, 1.165) is 22.6 Å². The predicted molar refractivity (Wildman–Crippen MR) is 70.5 cm³/mol. The summed E-state index contributed by atoms with van der Waals surface area (Å²) < 4.78 is 5.67. The van der Waals surface area contributed by atoms with Crippen molar-refractivity contribution in [1.29, 1.82) is 0 Å². The summed E-state index contributed by atoms with van der Waals surface area (Å²) in [5, 5.41) is 0. The molecule has 2 heteroatoms. The summed E-state index contributed by atoms with van der Waals surface area (Å²) in [6, 6.07) is 15.1. The van der Waals surface area contributed by atoms with Gasteiger partial charge in [0.1, 0.15) is 11.5 Å². The molecule has 0 fully saturated rings. The van der Waals surface area contributed by atoms with Gasteiger partial charge >= 0.3 is 0 Å². The molecule has 2 aromatic rings. The Bertz CT molecular complexity index is 520. The Balaban J connectivity index is 2.11. The van der Waals surface area contributed by atoms with Gasteiger partial charge in [-0.2, -0.15) is 0 Å². The van der Waals surface area contributed by atoms with Gasteiger partial charge in [0.05, 0.1) is 0 Å². The molecule has 0 bridgehead atoms. The van der Waals surface area contributed by atoms with Crippen LogP contribution in [0, 0.1) is 12.3 Å². The van der Waals surface area contributed by atoms with Crippen LogP contribution in [-0.2, 0) is 5.88 Å². The molecule has 0 N–H and O–H groups in total. The third-order valence-corrected chi connectivity index (χ3v) is 2.64. The molecular weight excluding hydrogens is 232 g/mol. The molecular formula is C15H11ClO. The lowest BCUT2D eigenvalue weighted by molar-refractivity contribution is 0.482. The Labute approximate surface area is 106 Å². The molecule has 1 nitrogen and oxygen atoms in total. The van der Waals surface area contributed by atoms with Crippen LogP contribution in [0.25, 0.3) is 0 Å². The summed E-state index contributed by atoms with van der Waals surface area (Å²) in [5.74, 6) is 4.62. The highest BCUT2D eigenvalue weighted by atomic mass is 35.5. The molecule has 84 valence electrons. The van der Waals surface area contributed by atoms with Crippen LogP contribution >= 0.6 is 11.6 Å². The summed E-state index contributed by atoms with van der Waals surface area (Å²) in [6.07, 6.45) is 5.28. The average Bonchev–Trinajstić information content (AvgIpc) is 2.40. The number of rotatable bonds is 3. The van der Waals surface area contributed by atoms with Gasteiger partial charge in [-0.15, -0.1) is 18.0 Å². The number of ether oxygens (including phenoxy) is 1. The molecule has 0 atom stereocenters. The van der Waals surface area contributed by atoms with Crippen LogP contribution in [0.15, 0.2) is 48.5 Å². The van der Waals surface area contributed by atoms with E-state index in [1.807, 2.05) is 48.5 Å². The van der Waals surface area contributed by atoms with E-state index >= 15 is 0 Å². The van der Waals surface area contributed by atoms with Crippen molar-refractivity contribution in [2.24, 2.45) is 0 Å². The molecule has 2 rings (SSSR count). The van der Waals surface area contributed by atoms with E-state index in [1.54, 1.807) is 0 Å². The van der Waals surface area contributed by atoms with Gasteiger partial charge in [0.15, 0.2) is 0 Å². The lowest BCUT2D eigenvalue weighted by Gasteiger charge is -2.06. The van der Waals surface area contributed by atoms with Gasteiger partial charge in [-0.3, -0.25) is 0 Å². The first-order valence-electron chi connectivity index (χ1n) is 5.21. The standard InChI is InChI=1S/C15H11ClO/c1-2-12-3-7-14(8-4-12)17-15-9-5-13(11-16)6-10-15/h1,3-10H,11H2. The average molecular weight is 243 g/mol. The first kappa shape index (κ1) is 11.6. The van der Waals surface area contributed by atoms with Crippen LogP contribution in [0.5, 0.6) is 11.5 Å². The number of hydrogen-bond donors (Lipinski definition) is 0. The van der Waals surface area contributed by atoms with Crippen LogP contribution in [-0.4, -0.2) is 0 Å².